The number of hydrogen-bond acceptors (Lipinski definition) is 2. The fraction of sp³-hybridized carbons (Fsp3) is 0.588. The Morgan fingerprint density at radius 1 is 1.09 bits per heavy atom. The first kappa shape index (κ1) is 17.3. The minimum atomic E-state index is -0.0673. The van der Waals surface area contributed by atoms with E-state index in [4.69, 9.17) is 34.8 Å². The van der Waals surface area contributed by atoms with Crippen LogP contribution in [0, 0.1) is 5.92 Å². The standard InChI is InChI=1S/C17H21Cl3N2O/c18-12-8-13(19)17(14(20)9-12)21-16(23)10-22-7-3-5-11-4-1-2-6-15(11)22/h8-9,11,15H,1-7,10H2,(H,21,23)/t11-,15-/m0/s1. The Balaban J connectivity index is 1.65. The van der Waals surface area contributed by atoms with Gasteiger partial charge in [0.25, 0.3) is 0 Å². The highest BCUT2D eigenvalue weighted by molar-refractivity contribution is 6.42. The third-order valence-corrected chi connectivity index (χ3v) is 5.79. The maximum atomic E-state index is 12.4. The lowest BCUT2D eigenvalue weighted by Gasteiger charge is -2.43. The van der Waals surface area contributed by atoms with Gasteiger partial charge in [0, 0.05) is 11.1 Å². The molecule has 1 aromatic rings. The Hall–Kier alpha value is -0.480. The quantitative estimate of drug-likeness (QED) is 0.783. The number of likely N-dealkylation sites (tertiary alicyclic amines) is 1. The lowest BCUT2D eigenvalue weighted by atomic mass is 9.78. The molecule has 0 bridgehead atoms. The second kappa shape index (κ2) is 7.60. The van der Waals surface area contributed by atoms with E-state index in [9.17, 15) is 4.79 Å². The smallest absolute Gasteiger partial charge is 0.238 e. The van der Waals surface area contributed by atoms with Crippen molar-refractivity contribution in [1.82, 2.24) is 4.90 Å². The second-order valence-electron chi connectivity index (χ2n) is 6.52. The van der Waals surface area contributed by atoms with Gasteiger partial charge < -0.3 is 5.32 Å². The van der Waals surface area contributed by atoms with E-state index in [1.54, 1.807) is 12.1 Å². The van der Waals surface area contributed by atoms with E-state index in [0.29, 0.717) is 33.3 Å². The van der Waals surface area contributed by atoms with Crippen LogP contribution in [0.2, 0.25) is 15.1 Å². The highest BCUT2D eigenvalue weighted by Gasteiger charge is 2.33. The molecule has 1 saturated carbocycles. The molecule has 0 spiro atoms. The molecule has 2 aliphatic rings. The lowest BCUT2D eigenvalue weighted by Crippen LogP contribution is -2.49. The lowest BCUT2D eigenvalue weighted by molar-refractivity contribution is -0.118. The van der Waals surface area contributed by atoms with Crippen LogP contribution in [0.1, 0.15) is 38.5 Å². The van der Waals surface area contributed by atoms with Crippen molar-refractivity contribution in [2.75, 3.05) is 18.4 Å². The molecule has 6 heteroatoms. The van der Waals surface area contributed by atoms with E-state index in [1.165, 1.54) is 38.5 Å². The largest absolute Gasteiger partial charge is 0.322 e. The van der Waals surface area contributed by atoms with Gasteiger partial charge in [0.15, 0.2) is 0 Å². The number of carbonyl (C=O) groups excluding carboxylic acids is 1. The Morgan fingerprint density at radius 2 is 1.74 bits per heavy atom. The zero-order valence-electron chi connectivity index (χ0n) is 13.0. The summed E-state index contributed by atoms with van der Waals surface area (Å²) in [6, 6.07) is 3.73. The number of carbonyl (C=O) groups is 1. The number of nitrogens with one attached hydrogen (secondary N) is 1. The van der Waals surface area contributed by atoms with Crippen LogP contribution in [-0.2, 0) is 4.79 Å². The molecule has 2 fully saturated rings. The number of rotatable bonds is 3. The fourth-order valence-electron chi connectivity index (χ4n) is 3.95. The number of piperidine rings is 1. The van der Waals surface area contributed by atoms with Crippen LogP contribution in [-0.4, -0.2) is 29.9 Å². The first-order valence-corrected chi connectivity index (χ1v) is 9.36. The SMILES string of the molecule is O=C(CN1CCC[C@@H]2CCCC[C@@H]21)Nc1c(Cl)cc(Cl)cc1Cl. The number of halogens is 3. The van der Waals surface area contributed by atoms with Crippen molar-refractivity contribution in [1.29, 1.82) is 0 Å². The molecule has 3 nitrogen and oxygen atoms in total. The average Bonchev–Trinajstić information content (AvgIpc) is 2.51. The summed E-state index contributed by atoms with van der Waals surface area (Å²) in [6.45, 7) is 1.40. The predicted molar refractivity (Wildman–Crippen MR) is 96.7 cm³/mol. The van der Waals surface area contributed by atoms with Crippen molar-refractivity contribution in [3.63, 3.8) is 0 Å². The zero-order chi connectivity index (χ0) is 16.4. The fourth-order valence-corrected chi connectivity index (χ4v) is 4.86. The molecule has 3 rings (SSSR count). The van der Waals surface area contributed by atoms with Crippen LogP contribution in [0.5, 0.6) is 0 Å². The minimum Gasteiger partial charge on any atom is -0.322 e. The van der Waals surface area contributed by atoms with Crippen LogP contribution >= 0.6 is 34.8 Å². The highest BCUT2D eigenvalue weighted by Crippen LogP contribution is 2.36. The summed E-state index contributed by atoms with van der Waals surface area (Å²) in [5.74, 6) is 0.690. The molecule has 1 N–H and O–H groups in total. The Kier molecular flexibility index (Phi) is 5.74. The Morgan fingerprint density at radius 3 is 2.48 bits per heavy atom. The maximum Gasteiger partial charge on any atom is 0.238 e. The molecule has 23 heavy (non-hydrogen) atoms. The van der Waals surface area contributed by atoms with Gasteiger partial charge in [0.2, 0.25) is 5.91 Å². The van der Waals surface area contributed by atoms with Gasteiger partial charge in [-0.05, 0) is 50.3 Å². The van der Waals surface area contributed by atoms with Crippen LogP contribution in [0.25, 0.3) is 0 Å². The van der Waals surface area contributed by atoms with Gasteiger partial charge in [-0.1, -0.05) is 47.6 Å². The molecule has 0 radical (unpaired) electrons. The molecular weight excluding hydrogens is 355 g/mol. The van der Waals surface area contributed by atoms with Crippen molar-refractivity contribution >= 4 is 46.4 Å². The Bertz CT molecular complexity index is 568. The van der Waals surface area contributed by atoms with Crippen LogP contribution < -0.4 is 5.32 Å². The van der Waals surface area contributed by atoms with Crippen LogP contribution in [0.15, 0.2) is 12.1 Å². The first-order valence-electron chi connectivity index (χ1n) is 8.23. The molecule has 1 heterocycles. The molecule has 1 aliphatic heterocycles. The molecule has 126 valence electrons. The van der Waals surface area contributed by atoms with Gasteiger partial charge in [-0.15, -0.1) is 0 Å². The molecule has 1 saturated heterocycles. The number of nitrogens with zero attached hydrogens (tertiary/aromatic N) is 1. The van der Waals surface area contributed by atoms with Gasteiger partial charge in [0.1, 0.15) is 0 Å². The molecular formula is C17H21Cl3N2O. The van der Waals surface area contributed by atoms with Crippen molar-refractivity contribution < 1.29 is 4.79 Å². The molecule has 1 aromatic carbocycles. The van der Waals surface area contributed by atoms with Gasteiger partial charge >= 0.3 is 0 Å². The van der Waals surface area contributed by atoms with Crippen LogP contribution in [0.3, 0.4) is 0 Å². The molecule has 0 unspecified atom stereocenters. The van der Waals surface area contributed by atoms with E-state index in [-0.39, 0.29) is 5.91 Å². The van der Waals surface area contributed by atoms with E-state index in [2.05, 4.69) is 10.2 Å². The van der Waals surface area contributed by atoms with E-state index in [0.717, 1.165) is 12.5 Å². The zero-order valence-corrected chi connectivity index (χ0v) is 15.2. The number of anilines is 1. The van der Waals surface area contributed by atoms with E-state index < -0.39 is 0 Å². The van der Waals surface area contributed by atoms with Gasteiger partial charge in [-0.2, -0.15) is 0 Å². The minimum absolute atomic E-state index is 0.0673. The van der Waals surface area contributed by atoms with Crippen molar-refractivity contribution in [3.05, 3.63) is 27.2 Å². The number of amides is 1. The number of fused-ring (bicyclic) bond motifs is 1. The summed E-state index contributed by atoms with van der Waals surface area (Å²) in [5, 5.41) is 4.03. The average molecular weight is 376 g/mol. The number of hydrogen-bond donors (Lipinski definition) is 1. The van der Waals surface area contributed by atoms with Gasteiger partial charge in [-0.3, -0.25) is 9.69 Å². The third-order valence-electron chi connectivity index (χ3n) is 4.98. The van der Waals surface area contributed by atoms with Crippen molar-refractivity contribution in [2.24, 2.45) is 5.92 Å². The molecule has 1 aliphatic carbocycles. The van der Waals surface area contributed by atoms with Gasteiger partial charge in [-0.25, -0.2) is 0 Å². The topological polar surface area (TPSA) is 32.3 Å². The molecule has 0 aromatic heterocycles. The summed E-state index contributed by atoms with van der Waals surface area (Å²) in [7, 11) is 0. The molecule has 2 atom stereocenters. The summed E-state index contributed by atoms with van der Waals surface area (Å²) in [6.07, 6.45) is 7.60. The van der Waals surface area contributed by atoms with E-state index in [1.807, 2.05) is 0 Å². The van der Waals surface area contributed by atoms with Crippen molar-refractivity contribution in [3.8, 4) is 0 Å². The van der Waals surface area contributed by atoms with Crippen molar-refractivity contribution in [2.45, 2.75) is 44.6 Å². The predicted octanol–water partition coefficient (Wildman–Crippen LogP) is 5.24. The maximum absolute atomic E-state index is 12.4. The second-order valence-corrected chi connectivity index (χ2v) is 7.77. The molecule has 1 amide bonds. The Labute approximate surface area is 152 Å². The monoisotopic (exact) mass is 374 g/mol. The highest BCUT2D eigenvalue weighted by atomic mass is 35.5. The first-order chi connectivity index (χ1) is 11.0. The van der Waals surface area contributed by atoms with Crippen LogP contribution in [0.4, 0.5) is 5.69 Å². The van der Waals surface area contributed by atoms with Gasteiger partial charge in [0.05, 0.1) is 22.3 Å². The summed E-state index contributed by atoms with van der Waals surface area (Å²) >= 11 is 18.2. The summed E-state index contributed by atoms with van der Waals surface area (Å²) in [5.41, 5.74) is 0.444. The normalized spacial score (nSPS) is 25.0. The third kappa shape index (κ3) is 4.14. The van der Waals surface area contributed by atoms with E-state index >= 15 is 0 Å². The summed E-state index contributed by atoms with van der Waals surface area (Å²) in [4.78, 5) is 14.8. The number of benzene rings is 1. The summed E-state index contributed by atoms with van der Waals surface area (Å²) < 4.78 is 0.